The summed E-state index contributed by atoms with van der Waals surface area (Å²) in [6, 6.07) is 18.9. The molecule has 0 aliphatic heterocycles. The van der Waals surface area contributed by atoms with Crippen LogP contribution in [0.4, 0.5) is 10.1 Å². The first-order valence-electron chi connectivity index (χ1n) is 12.1. The maximum Gasteiger partial charge on any atom is 0.264 e. The van der Waals surface area contributed by atoms with Crippen molar-refractivity contribution < 1.29 is 27.1 Å². The van der Waals surface area contributed by atoms with E-state index in [-0.39, 0.29) is 34.5 Å². The highest BCUT2D eigenvalue weighted by Gasteiger charge is 2.34. The van der Waals surface area contributed by atoms with E-state index in [1.807, 2.05) is 0 Å². The lowest BCUT2D eigenvalue weighted by molar-refractivity contribution is -0.139. The fraction of sp³-hybridized carbons (Fsp3) is 0.286. The Balaban J connectivity index is 2.07. The molecule has 0 fully saturated rings. The maximum absolute atomic E-state index is 14.6. The second-order valence-corrected chi connectivity index (χ2v) is 10.8. The molecule has 1 N–H and O–H groups in total. The number of amides is 2. The normalized spacial score (nSPS) is 12.1. The Morgan fingerprint density at radius 3 is 2.16 bits per heavy atom. The molecule has 8 nitrogen and oxygen atoms in total. The average molecular weight is 542 g/mol. The molecule has 2 amide bonds. The first-order valence-corrected chi connectivity index (χ1v) is 13.5. The van der Waals surface area contributed by atoms with Crippen LogP contribution in [0.15, 0.2) is 83.8 Å². The van der Waals surface area contributed by atoms with Gasteiger partial charge in [-0.05, 0) is 51.1 Å². The third-order valence-electron chi connectivity index (χ3n) is 5.86. The summed E-state index contributed by atoms with van der Waals surface area (Å²) in [5.74, 6) is -1.43. The van der Waals surface area contributed by atoms with Crippen LogP contribution in [0, 0.1) is 5.82 Å². The molecule has 10 heteroatoms. The summed E-state index contributed by atoms with van der Waals surface area (Å²) in [6.07, 6.45) is 0. The zero-order chi connectivity index (χ0) is 27.9. The Hall–Kier alpha value is -3.92. The molecule has 3 aromatic carbocycles. The number of ether oxygens (including phenoxy) is 1. The number of carbonyl (C=O) groups is 2. The van der Waals surface area contributed by atoms with Crippen LogP contribution in [0.25, 0.3) is 0 Å². The summed E-state index contributed by atoms with van der Waals surface area (Å²) in [5.41, 5.74) is 0.345. The van der Waals surface area contributed by atoms with Crippen molar-refractivity contribution in [3.63, 3.8) is 0 Å². The molecule has 3 aromatic rings. The van der Waals surface area contributed by atoms with Gasteiger partial charge < -0.3 is 15.0 Å². The van der Waals surface area contributed by atoms with Crippen LogP contribution in [0.2, 0.25) is 0 Å². The number of nitrogens with one attached hydrogen (secondary N) is 1. The molecule has 38 heavy (non-hydrogen) atoms. The number of anilines is 1. The number of halogens is 1. The second-order valence-electron chi connectivity index (χ2n) is 8.95. The van der Waals surface area contributed by atoms with Gasteiger partial charge in [0, 0.05) is 18.2 Å². The number of carbonyl (C=O) groups excluding carboxylic acids is 2. The van der Waals surface area contributed by atoms with Crippen molar-refractivity contribution in [2.45, 2.75) is 44.3 Å². The summed E-state index contributed by atoms with van der Waals surface area (Å²) in [4.78, 5) is 27.9. The van der Waals surface area contributed by atoms with Gasteiger partial charge >= 0.3 is 0 Å². The lowest BCUT2D eigenvalue weighted by Crippen LogP contribution is -2.52. The van der Waals surface area contributed by atoms with Crippen molar-refractivity contribution in [3.05, 3.63) is 90.2 Å². The van der Waals surface area contributed by atoms with Crippen molar-refractivity contribution >= 4 is 27.5 Å². The predicted octanol–water partition coefficient (Wildman–Crippen LogP) is 3.97. The largest absolute Gasteiger partial charge is 0.495 e. The topological polar surface area (TPSA) is 96.0 Å². The van der Waals surface area contributed by atoms with Crippen molar-refractivity contribution in [1.82, 2.24) is 10.2 Å². The van der Waals surface area contributed by atoms with E-state index in [1.54, 1.807) is 56.3 Å². The highest BCUT2D eigenvalue weighted by molar-refractivity contribution is 7.92. The standard InChI is InChI=1S/C28H32FN3O5S/c1-20(2)30-28(34)21(3)31(18-22-12-8-9-15-24(22)29)27(33)19-32(25-16-10-11-17-26(25)37-4)38(35,36)23-13-6-5-7-14-23/h5-17,20-21H,18-19H2,1-4H3,(H,30,34). The van der Waals surface area contributed by atoms with Crippen molar-refractivity contribution in [3.8, 4) is 5.75 Å². The molecule has 202 valence electrons. The minimum atomic E-state index is -4.23. The van der Waals surface area contributed by atoms with Gasteiger partial charge in [0.1, 0.15) is 24.2 Å². The SMILES string of the molecule is COc1ccccc1N(CC(=O)N(Cc1ccccc1F)C(C)C(=O)NC(C)C)S(=O)(=O)c1ccccc1. The predicted molar refractivity (Wildman–Crippen MR) is 144 cm³/mol. The molecule has 0 aromatic heterocycles. The van der Waals surface area contributed by atoms with Gasteiger partial charge in [0.25, 0.3) is 10.0 Å². The molecule has 0 aliphatic carbocycles. The third-order valence-corrected chi connectivity index (χ3v) is 7.63. The summed E-state index contributed by atoms with van der Waals surface area (Å²) in [5, 5.41) is 2.76. The third kappa shape index (κ3) is 6.69. The molecule has 1 unspecified atom stereocenters. The molecule has 0 spiro atoms. The molecular formula is C28H32FN3O5S. The number of benzene rings is 3. The van der Waals surface area contributed by atoms with Gasteiger partial charge in [-0.1, -0.05) is 48.5 Å². The van der Waals surface area contributed by atoms with Crippen LogP contribution in [0.1, 0.15) is 26.3 Å². The lowest BCUT2D eigenvalue weighted by Gasteiger charge is -2.32. The Morgan fingerprint density at radius 2 is 1.53 bits per heavy atom. The number of rotatable bonds is 11. The van der Waals surface area contributed by atoms with Crippen LogP contribution in [0.3, 0.4) is 0 Å². The first kappa shape index (κ1) is 28.6. The van der Waals surface area contributed by atoms with Gasteiger partial charge in [-0.3, -0.25) is 13.9 Å². The van der Waals surface area contributed by atoms with Crippen LogP contribution >= 0.6 is 0 Å². The van der Waals surface area contributed by atoms with Gasteiger partial charge in [0.2, 0.25) is 11.8 Å². The van der Waals surface area contributed by atoms with Gasteiger partial charge in [-0.25, -0.2) is 12.8 Å². The van der Waals surface area contributed by atoms with Gasteiger partial charge in [-0.2, -0.15) is 0 Å². The zero-order valence-electron chi connectivity index (χ0n) is 21.8. The Kier molecular flexibility index (Phi) is 9.46. The highest BCUT2D eigenvalue weighted by Crippen LogP contribution is 2.32. The monoisotopic (exact) mass is 541 g/mol. The Labute approximate surface area is 223 Å². The van der Waals surface area contributed by atoms with E-state index in [4.69, 9.17) is 4.74 Å². The number of hydrogen-bond acceptors (Lipinski definition) is 5. The second kappa shape index (κ2) is 12.6. The maximum atomic E-state index is 14.6. The van der Waals surface area contributed by atoms with Crippen LogP contribution in [0.5, 0.6) is 5.75 Å². The number of para-hydroxylation sites is 2. The van der Waals surface area contributed by atoms with E-state index in [1.165, 1.54) is 55.3 Å². The van der Waals surface area contributed by atoms with Crippen molar-refractivity contribution in [2.24, 2.45) is 0 Å². The van der Waals surface area contributed by atoms with E-state index < -0.39 is 40.2 Å². The average Bonchev–Trinajstić information content (AvgIpc) is 2.90. The van der Waals surface area contributed by atoms with Crippen molar-refractivity contribution in [2.75, 3.05) is 18.0 Å². The number of methoxy groups -OCH3 is 1. The fourth-order valence-electron chi connectivity index (χ4n) is 3.87. The summed E-state index contributed by atoms with van der Waals surface area (Å²) >= 11 is 0. The van der Waals surface area contributed by atoms with Crippen LogP contribution in [-0.4, -0.2) is 50.9 Å². The van der Waals surface area contributed by atoms with Crippen LogP contribution in [-0.2, 0) is 26.2 Å². The fourth-order valence-corrected chi connectivity index (χ4v) is 5.31. The molecule has 0 saturated carbocycles. The molecule has 1 atom stereocenters. The first-order chi connectivity index (χ1) is 18.1. The Morgan fingerprint density at radius 1 is 0.921 bits per heavy atom. The molecule has 0 aliphatic rings. The van der Waals surface area contributed by atoms with Gasteiger partial charge in [0.15, 0.2) is 0 Å². The molecule has 0 radical (unpaired) electrons. The smallest absolute Gasteiger partial charge is 0.264 e. The number of hydrogen-bond donors (Lipinski definition) is 1. The zero-order valence-corrected chi connectivity index (χ0v) is 22.6. The highest BCUT2D eigenvalue weighted by atomic mass is 32.2. The quantitative estimate of drug-likeness (QED) is 0.396. The number of nitrogens with zero attached hydrogens (tertiary/aromatic N) is 2. The summed E-state index contributed by atoms with van der Waals surface area (Å²) in [6.45, 7) is 4.21. The molecule has 0 saturated heterocycles. The van der Waals surface area contributed by atoms with Crippen LogP contribution < -0.4 is 14.4 Å². The number of sulfonamides is 1. The Bertz CT molecular complexity index is 1370. The van der Waals surface area contributed by atoms with E-state index in [0.717, 1.165) is 4.31 Å². The lowest BCUT2D eigenvalue weighted by atomic mass is 10.1. The van der Waals surface area contributed by atoms with Gasteiger partial charge in [-0.15, -0.1) is 0 Å². The van der Waals surface area contributed by atoms with E-state index in [0.29, 0.717) is 0 Å². The molecular weight excluding hydrogens is 509 g/mol. The van der Waals surface area contributed by atoms with E-state index in [2.05, 4.69) is 5.32 Å². The molecule has 3 rings (SSSR count). The molecule has 0 heterocycles. The van der Waals surface area contributed by atoms with Gasteiger partial charge in [0.05, 0.1) is 17.7 Å². The summed E-state index contributed by atoms with van der Waals surface area (Å²) in [7, 11) is -2.83. The molecule has 0 bridgehead atoms. The summed E-state index contributed by atoms with van der Waals surface area (Å²) < 4.78 is 48.5. The minimum Gasteiger partial charge on any atom is -0.495 e. The minimum absolute atomic E-state index is 0.0232. The van der Waals surface area contributed by atoms with Crippen molar-refractivity contribution in [1.29, 1.82) is 0 Å². The van der Waals surface area contributed by atoms with E-state index in [9.17, 15) is 22.4 Å². The van der Waals surface area contributed by atoms with E-state index >= 15 is 0 Å².